The Kier molecular flexibility index (Phi) is 5.64. The number of halogens is 5. The highest BCUT2D eigenvalue weighted by atomic mass is 35.5. The lowest BCUT2D eigenvalue weighted by atomic mass is 10.1. The van der Waals surface area contributed by atoms with Crippen LogP contribution in [-0.2, 0) is 11.2 Å². The molecule has 2 amide bonds. The summed E-state index contributed by atoms with van der Waals surface area (Å²) >= 11 is 10.8. The molecule has 0 bridgehead atoms. The van der Waals surface area contributed by atoms with E-state index in [2.05, 4.69) is 0 Å². The standard InChI is InChI=1S/C11H9Cl2F3N2O2/c12-5-9(19)17-18-10(20)6-1-2-8(13)7(3-6)4-11(14,15)16/h1-3H,4-5H2,(H,17,19)(H,18,20). The molecular weight excluding hydrogens is 320 g/mol. The predicted octanol–water partition coefficient (Wildman–Crippen LogP) is 2.44. The van der Waals surface area contributed by atoms with E-state index in [1.807, 2.05) is 10.9 Å². The van der Waals surface area contributed by atoms with Gasteiger partial charge < -0.3 is 0 Å². The zero-order chi connectivity index (χ0) is 15.3. The lowest BCUT2D eigenvalue weighted by Crippen LogP contribution is -2.42. The Balaban J connectivity index is 2.83. The minimum Gasteiger partial charge on any atom is -0.272 e. The minimum atomic E-state index is -4.44. The molecule has 0 saturated heterocycles. The number of alkyl halides is 4. The second kappa shape index (κ2) is 6.81. The first kappa shape index (κ1) is 16.6. The molecular formula is C11H9Cl2F3N2O2. The van der Waals surface area contributed by atoms with Crippen LogP contribution in [0, 0.1) is 0 Å². The van der Waals surface area contributed by atoms with Gasteiger partial charge >= 0.3 is 6.18 Å². The summed E-state index contributed by atoms with van der Waals surface area (Å²) in [7, 11) is 0. The number of hydrazine groups is 1. The summed E-state index contributed by atoms with van der Waals surface area (Å²) in [6.45, 7) is 0. The highest BCUT2D eigenvalue weighted by molar-refractivity contribution is 6.31. The van der Waals surface area contributed by atoms with Gasteiger partial charge in [0.2, 0.25) is 0 Å². The molecule has 4 nitrogen and oxygen atoms in total. The lowest BCUT2D eigenvalue weighted by Gasteiger charge is -2.10. The third-order valence-corrected chi connectivity index (χ3v) is 2.75. The lowest BCUT2D eigenvalue weighted by molar-refractivity contribution is -0.127. The van der Waals surface area contributed by atoms with Gasteiger partial charge in [-0.15, -0.1) is 11.6 Å². The summed E-state index contributed by atoms with van der Waals surface area (Å²) in [5.74, 6) is -1.78. The van der Waals surface area contributed by atoms with Crippen LogP contribution < -0.4 is 10.9 Å². The van der Waals surface area contributed by atoms with Crippen molar-refractivity contribution in [1.82, 2.24) is 10.9 Å². The highest BCUT2D eigenvalue weighted by Crippen LogP contribution is 2.26. The quantitative estimate of drug-likeness (QED) is 0.661. The molecule has 110 valence electrons. The van der Waals surface area contributed by atoms with Gasteiger partial charge in [0.15, 0.2) is 0 Å². The summed E-state index contributed by atoms with van der Waals surface area (Å²) in [5, 5.41) is -0.0938. The van der Waals surface area contributed by atoms with E-state index in [1.54, 1.807) is 0 Å². The van der Waals surface area contributed by atoms with Gasteiger partial charge in [0.1, 0.15) is 5.88 Å². The topological polar surface area (TPSA) is 58.2 Å². The zero-order valence-corrected chi connectivity index (χ0v) is 11.4. The van der Waals surface area contributed by atoms with E-state index in [1.165, 1.54) is 12.1 Å². The van der Waals surface area contributed by atoms with Crippen molar-refractivity contribution in [1.29, 1.82) is 0 Å². The molecule has 0 atom stereocenters. The first-order chi connectivity index (χ1) is 9.23. The first-order valence-electron chi connectivity index (χ1n) is 5.23. The molecule has 0 aliphatic heterocycles. The van der Waals surface area contributed by atoms with E-state index in [0.717, 1.165) is 6.07 Å². The highest BCUT2D eigenvalue weighted by Gasteiger charge is 2.29. The van der Waals surface area contributed by atoms with Gasteiger partial charge in [-0.2, -0.15) is 13.2 Å². The van der Waals surface area contributed by atoms with Crippen molar-refractivity contribution in [3.8, 4) is 0 Å². The number of hydrogen-bond acceptors (Lipinski definition) is 2. The molecule has 0 aromatic heterocycles. The fourth-order valence-electron chi connectivity index (χ4n) is 1.30. The summed E-state index contributed by atoms with van der Waals surface area (Å²) in [6, 6.07) is 3.43. The van der Waals surface area contributed by atoms with Gasteiger partial charge in [0.25, 0.3) is 11.8 Å². The number of carbonyl (C=O) groups excluding carboxylic acids is 2. The molecule has 1 aromatic rings. The van der Waals surface area contributed by atoms with Crippen LogP contribution in [0.5, 0.6) is 0 Å². The van der Waals surface area contributed by atoms with Crippen molar-refractivity contribution in [3.63, 3.8) is 0 Å². The van der Waals surface area contributed by atoms with Gasteiger partial charge in [-0.1, -0.05) is 11.6 Å². The summed E-state index contributed by atoms with van der Waals surface area (Å²) in [4.78, 5) is 22.4. The van der Waals surface area contributed by atoms with E-state index in [0.29, 0.717) is 0 Å². The van der Waals surface area contributed by atoms with E-state index in [4.69, 9.17) is 23.2 Å². The maximum Gasteiger partial charge on any atom is 0.393 e. The van der Waals surface area contributed by atoms with Crippen LogP contribution in [0.2, 0.25) is 5.02 Å². The van der Waals surface area contributed by atoms with E-state index >= 15 is 0 Å². The number of benzene rings is 1. The Morgan fingerprint density at radius 2 is 1.85 bits per heavy atom. The maximum atomic E-state index is 12.3. The summed E-state index contributed by atoms with van der Waals surface area (Å²) in [5.41, 5.74) is 3.71. The van der Waals surface area contributed by atoms with Crippen molar-refractivity contribution in [2.75, 3.05) is 5.88 Å². The van der Waals surface area contributed by atoms with Crippen molar-refractivity contribution < 1.29 is 22.8 Å². The Morgan fingerprint density at radius 3 is 2.40 bits per heavy atom. The van der Waals surface area contributed by atoms with Crippen molar-refractivity contribution in [2.24, 2.45) is 0 Å². The molecule has 0 aliphatic carbocycles. The number of hydrogen-bond donors (Lipinski definition) is 2. The average molecular weight is 329 g/mol. The second-order valence-electron chi connectivity index (χ2n) is 3.73. The monoisotopic (exact) mass is 328 g/mol. The summed E-state index contributed by atoms with van der Waals surface area (Å²) < 4.78 is 37.0. The second-order valence-corrected chi connectivity index (χ2v) is 4.41. The molecule has 0 radical (unpaired) electrons. The van der Waals surface area contributed by atoms with Gasteiger partial charge in [-0.05, 0) is 23.8 Å². The normalized spacial score (nSPS) is 11.1. The smallest absolute Gasteiger partial charge is 0.272 e. The fourth-order valence-corrected chi connectivity index (χ4v) is 1.55. The average Bonchev–Trinajstić information content (AvgIpc) is 2.36. The van der Waals surface area contributed by atoms with Crippen molar-refractivity contribution >= 4 is 35.0 Å². The summed E-state index contributed by atoms with van der Waals surface area (Å²) in [6.07, 6.45) is -5.69. The van der Waals surface area contributed by atoms with Crippen LogP contribution in [0.15, 0.2) is 18.2 Å². The fraction of sp³-hybridized carbons (Fsp3) is 0.273. The Morgan fingerprint density at radius 1 is 1.20 bits per heavy atom. The number of nitrogens with one attached hydrogen (secondary N) is 2. The van der Waals surface area contributed by atoms with Gasteiger partial charge in [-0.25, -0.2) is 0 Å². The van der Waals surface area contributed by atoms with Crippen molar-refractivity contribution in [2.45, 2.75) is 12.6 Å². The molecule has 0 spiro atoms. The van der Waals surface area contributed by atoms with E-state index in [9.17, 15) is 22.8 Å². The number of rotatable bonds is 3. The van der Waals surface area contributed by atoms with E-state index < -0.39 is 24.4 Å². The predicted molar refractivity (Wildman–Crippen MR) is 67.5 cm³/mol. The SMILES string of the molecule is O=C(CCl)NNC(=O)c1ccc(Cl)c(CC(F)(F)F)c1. The molecule has 9 heteroatoms. The Hall–Kier alpha value is -1.47. The molecule has 0 heterocycles. The van der Waals surface area contributed by atoms with Crippen LogP contribution in [-0.4, -0.2) is 23.9 Å². The Bertz CT molecular complexity index is 521. The Labute approximate surface area is 122 Å². The number of amides is 2. The molecule has 0 saturated carbocycles. The van der Waals surface area contributed by atoms with Gasteiger partial charge in [0, 0.05) is 10.6 Å². The molecule has 0 unspecified atom stereocenters. The van der Waals surface area contributed by atoms with E-state index in [-0.39, 0.29) is 22.0 Å². The zero-order valence-electron chi connectivity index (χ0n) is 9.85. The van der Waals surface area contributed by atoms with Crippen LogP contribution in [0.3, 0.4) is 0 Å². The molecule has 0 fully saturated rings. The molecule has 1 rings (SSSR count). The van der Waals surface area contributed by atoms with Gasteiger partial charge in [0.05, 0.1) is 6.42 Å². The van der Waals surface area contributed by atoms with Crippen LogP contribution >= 0.6 is 23.2 Å². The van der Waals surface area contributed by atoms with Crippen molar-refractivity contribution in [3.05, 3.63) is 34.3 Å². The third kappa shape index (κ3) is 5.26. The molecule has 0 aliphatic rings. The minimum absolute atomic E-state index is 0.0662. The molecule has 1 aromatic carbocycles. The first-order valence-corrected chi connectivity index (χ1v) is 6.14. The maximum absolute atomic E-state index is 12.3. The molecule has 2 N–H and O–H groups in total. The number of carbonyl (C=O) groups is 2. The van der Waals surface area contributed by atoms with Gasteiger partial charge in [-0.3, -0.25) is 20.4 Å². The van der Waals surface area contributed by atoms with Crippen LogP contribution in [0.1, 0.15) is 15.9 Å². The molecule has 20 heavy (non-hydrogen) atoms. The third-order valence-electron chi connectivity index (χ3n) is 2.14. The van der Waals surface area contributed by atoms with Crippen LogP contribution in [0.4, 0.5) is 13.2 Å². The largest absolute Gasteiger partial charge is 0.393 e. The van der Waals surface area contributed by atoms with Crippen LogP contribution in [0.25, 0.3) is 0 Å².